The number of rotatable bonds is 1. The molecule has 0 N–H and O–H groups in total. The second-order valence-corrected chi connectivity index (χ2v) is 5.11. The van der Waals surface area contributed by atoms with Gasteiger partial charge in [0.25, 0.3) is 0 Å². The number of anilines is 1. The van der Waals surface area contributed by atoms with Crippen LogP contribution in [0.4, 0.5) is 5.69 Å². The third-order valence-electron chi connectivity index (χ3n) is 4.05. The second-order valence-electron chi connectivity index (χ2n) is 5.11. The number of hydrogen-bond acceptors (Lipinski definition) is 2. The van der Waals surface area contributed by atoms with Gasteiger partial charge in [-0.25, -0.2) is 0 Å². The highest BCUT2D eigenvalue weighted by Crippen LogP contribution is 2.31. The number of fused-ring (bicyclic) bond motifs is 1. The molecule has 2 heteroatoms. The number of hydrogen-bond donors (Lipinski definition) is 0. The van der Waals surface area contributed by atoms with Crippen molar-refractivity contribution in [3.63, 3.8) is 0 Å². The van der Waals surface area contributed by atoms with E-state index in [1.54, 1.807) is 5.56 Å². The van der Waals surface area contributed by atoms with Crippen LogP contribution in [-0.2, 0) is 6.42 Å². The number of para-hydroxylation sites is 1. The van der Waals surface area contributed by atoms with Gasteiger partial charge < -0.3 is 9.80 Å². The first kappa shape index (κ1) is 25.2. The molecule has 2 aliphatic rings. The molecule has 0 unspecified atom stereocenters. The van der Waals surface area contributed by atoms with Crippen LogP contribution < -0.4 is 4.90 Å². The summed E-state index contributed by atoms with van der Waals surface area (Å²) < 4.78 is 0. The fraction of sp³-hybridized carbons (Fsp3) is 0.727. The van der Waals surface area contributed by atoms with Gasteiger partial charge in [-0.2, -0.15) is 0 Å². The van der Waals surface area contributed by atoms with E-state index in [0.29, 0.717) is 0 Å². The Morgan fingerprint density at radius 3 is 1.79 bits per heavy atom. The van der Waals surface area contributed by atoms with Crippen LogP contribution in [0.25, 0.3) is 0 Å². The molecule has 2 heterocycles. The van der Waals surface area contributed by atoms with Gasteiger partial charge in [-0.3, -0.25) is 0 Å². The van der Waals surface area contributed by atoms with Crippen molar-refractivity contribution in [3.8, 4) is 0 Å². The average Bonchev–Trinajstić information content (AvgIpc) is 3.13. The Labute approximate surface area is 153 Å². The van der Waals surface area contributed by atoms with Crippen LogP contribution >= 0.6 is 0 Å². The highest BCUT2D eigenvalue weighted by molar-refractivity contribution is 5.58. The summed E-state index contributed by atoms with van der Waals surface area (Å²) in [6.45, 7) is 19.7. The fourth-order valence-electron chi connectivity index (χ4n) is 3.05. The number of benzene rings is 1. The van der Waals surface area contributed by atoms with Crippen molar-refractivity contribution < 1.29 is 0 Å². The van der Waals surface area contributed by atoms with Gasteiger partial charge >= 0.3 is 0 Å². The molecule has 1 saturated heterocycles. The molecule has 2 nitrogen and oxygen atoms in total. The fourth-order valence-corrected chi connectivity index (χ4v) is 3.05. The Kier molecular flexibility index (Phi) is 17.7. The van der Waals surface area contributed by atoms with E-state index in [1.807, 2.05) is 55.4 Å². The molecule has 0 saturated carbocycles. The summed E-state index contributed by atoms with van der Waals surface area (Å²) in [5, 5.41) is 0. The van der Waals surface area contributed by atoms with Gasteiger partial charge in [0.1, 0.15) is 0 Å². The zero-order valence-corrected chi connectivity index (χ0v) is 18.0. The molecule has 0 bridgehead atoms. The predicted molar refractivity (Wildman–Crippen MR) is 113 cm³/mol. The largest absolute Gasteiger partial charge is 0.368 e. The minimum Gasteiger partial charge on any atom is -0.368 e. The van der Waals surface area contributed by atoms with Crippen LogP contribution in [0, 0.1) is 0 Å². The molecule has 24 heavy (non-hydrogen) atoms. The van der Waals surface area contributed by atoms with Crippen LogP contribution in [0.1, 0.15) is 73.8 Å². The van der Waals surface area contributed by atoms with E-state index in [1.165, 1.54) is 44.6 Å². The van der Waals surface area contributed by atoms with E-state index in [0.717, 1.165) is 6.04 Å². The van der Waals surface area contributed by atoms with Crippen LogP contribution in [0.3, 0.4) is 0 Å². The maximum absolute atomic E-state index is 2.64. The van der Waals surface area contributed by atoms with Crippen molar-refractivity contribution in [3.05, 3.63) is 29.8 Å². The summed E-state index contributed by atoms with van der Waals surface area (Å²) in [6.07, 6.45) is 3.89. The lowest BCUT2D eigenvalue weighted by atomic mass is 10.0. The monoisotopic (exact) mass is 336 g/mol. The molecule has 142 valence electrons. The Bertz CT molecular complexity index is 368. The van der Waals surface area contributed by atoms with Crippen molar-refractivity contribution in [2.24, 2.45) is 0 Å². The maximum Gasteiger partial charge on any atom is 0.0402 e. The quantitative estimate of drug-likeness (QED) is 0.598. The number of nitrogens with zero attached hydrogens (tertiary/aromatic N) is 2. The zero-order chi connectivity index (χ0) is 19.0. The summed E-state index contributed by atoms with van der Waals surface area (Å²) in [4.78, 5) is 5.08. The molecule has 1 aromatic rings. The minimum absolute atomic E-state index is 0.778. The highest BCUT2D eigenvalue weighted by atomic mass is 15.2. The topological polar surface area (TPSA) is 6.48 Å². The molecular formula is C22H44N2. The van der Waals surface area contributed by atoms with Gasteiger partial charge in [-0.15, -0.1) is 0 Å². The molecule has 0 radical (unpaired) electrons. The summed E-state index contributed by atoms with van der Waals surface area (Å²) in [5.74, 6) is 0. The minimum atomic E-state index is 0.778. The first-order chi connectivity index (χ1) is 11.8. The molecule has 2 aliphatic heterocycles. The van der Waals surface area contributed by atoms with E-state index in [-0.39, 0.29) is 0 Å². The molecule has 0 atom stereocenters. The first-order valence-corrected chi connectivity index (χ1v) is 10.4. The van der Waals surface area contributed by atoms with E-state index >= 15 is 0 Å². The van der Waals surface area contributed by atoms with Gasteiger partial charge in [-0.05, 0) is 51.0 Å². The van der Waals surface area contributed by atoms with E-state index < -0.39 is 0 Å². The average molecular weight is 337 g/mol. The Hall–Kier alpha value is -1.02. The molecule has 0 aromatic heterocycles. The van der Waals surface area contributed by atoms with Crippen molar-refractivity contribution in [2.75, 3.05) is 31.6 Å². The van der Waals surface area contributed by atoms with Crippen LogP contribution in [0.15, 0.2) is 24.3 Å². The van der Waals surface area contributed by atoms with Crippen LogP contribution in [0.2, 0.25) is 0 Å². The standard InChI is InChI=1S/C14H20N2.4C2H6/c1-15-9-7-13(8-10-15)16-11-6-12-4-2-3-5-14(12)16;4*1-2/h2-5,13H,6-11H2,1H3;4*1-2H3. The molecule has 0 spiro atoms. The zero-order valence-electron chi connectivity index (χ0n) is 18.0. The first-order valence-electron chi connectivity index (χ1n) is 10.4. The van der Waals surface area contributed by atoms with Crippen molar-refractivity contribution in [1.29, 1.82) is 0 Å². The van der Waals surface area contributed by atoms with E-state index in [9.17, 15) is 0 Å². The summed E-state index contributed by atoms with van der Waals surface area (Å²) in [6, 6.07) is 9.69. The van der Waals surface area contributed by atoms with Crippen molar-refractivity contribution >= 4 is 5.69 Å². The molecule has 0 aliphatic carbocycles. The second kappa shape index (κ2) is 16.8. The molecule has 0 amide bonds. The number of piperidine rings is 1. The Morgan fingerprint density at radius 2 is 1.25 bits per heavy atom. The third-order valence-corrected chi connectivity index (χ3v) is 4.05. The van der Waals surface area contributed by atoms with Crippen LogP contribution in [0.5, 0.6) is 0 Å². The lowest BCUT2D eigenvalue weighted by molar-refractivity contribution is 0.251. The Balaban J connectivity index is 0. The predicted octanol–water partition coefficient (Wildman–Crippen LogP) is 6.25. The summed E-state index contributed by atoms with van der Waals surface area (Å²) in [7, 11) is 2.23. The maximum atomic E-state index is 2.64. The Morgan fingerprint density at radius 1 is 0.750 bits per heavy atom. The molecule has 1 aromatic carbocycles. The van der Waals surface area contributed by atoms with Crippen LogP contribution in [-0.4, -0.2) is 37.6 Å². The van der Waals surface area contributed by atoms with Crippen molar-refractivity contribution in [1.82, 2.24) is 4.90 Å². The van der Waals surface area contributed by atoms with E-state index in [4.69, 9.17) is 0 Å². The van der Waals surface area contributed by atoms with Gasteiger partial charge in [0.15, 0.2) is 0 Å². The van der Waals surface area contributed by atoms with Crippen molar-refractivity contribution in [2.45, 2.75) is 80.7 Å². The summed E-state index contributed by atoms with van der Waals surface area (Å²) in [5.41, 5.74) is 3.04. The van der Waals surface area contributed by atoms with E-state index in [2.05, 4.69) is 41.1 Å². The SMILES string of the molecule is CC.CC.CC.CC.CN1CCC(N2CCc3ccccc32)CC1. The van der Waals surface area contributed by atoms with Gasteiger partial charge in [0.2, 0.25) is 0 Å². The molecular weight excluding hydrogens is 292 g/mol. The van der Waals surface area contributed by atoms with Gasteiger partial charge in [0, 0.05) is 18.3 Å². The number of likely N-dealkylation sites (tertiary alicyclic amines) is 1. The van der Waals surface area contributed by atoms with Gasteiger partial charge in [0.05, 0.1) is 0 Å². The third kappa shape index (κ3) is 7.70. The summed E-state index contributed by atoms with van der Waals surface area (Å²) >= 11 is 0. The van der Waals surface area contributed by atoms with Gasteiger partial charge in [-0.1, -0.05) is 73.6 Å². The normalized spacial score (nSPS) is 16.0. The smallest absolute Gasteiger partial charge is 0.0402 e. The lowest BCUT2D eigenvalue weighted by Gasteiger charge is -2.36. The lowest BCUT2D eigenvalue weighted by Crippen LogP contribution is -2.43. The molecule has 3 rings (SSSR count). The highest BCUT2D eigenvalue weighted by Gasteiger charge is 2.27. The molecule has 1 fully saturated rings.